The Balaban J connectivity index is 3.17. The second-order valence-corrected chi connectivity index (χ2v) is 3.20. The Hall–Kier alpha value is 0.310. The Kier molecular flexibility index (Phi) is 4.38. The van der Waals surface area contributed by atoms with E-state index in [0.29, 0.717) is 12.0 Å². The monoisotopic (exact) mass is 133 g/mol. The summed E-state index contributed by atoms with van der Waals surface area (Å²) in [6.07, 6.45) is 2.11. The fourth-order valence-corrected chi connectivity index (χ4v) is 1.24. The van der Waals surface area contributed by atoms with Gasteiger partial charge in [-0.3, -0.25) is 0 Å². The number of rotatable bonds is 3. The van der Waals surface area contributed by atoms with Gasteiger partial charge in [0.05, 0.1) is 0 Å². The van der Waals surface area contributed by atoms with Crippen molar-refractivity contribution in [3.05, 3.63) is 0 Å². The molecule has 0 aromatic rings. The third-order valence-electron chi connectivity index (χ3n) is 1.33. The molecule has 0 spiro atoms. The van der Waals surface area contributed by atoms with E-state index in [2.05, 4.69) is 20.1 Å². The van der Waals surface area contributed by atoms with Gasteiger partial charge in [-0.2, -0.15) is 11.8 Å². The van der Waals surface area contributed by atoms with Crippen molar-refractivity contribution in [3.8, 4) is 0 Å². The largest absolute Gasteiger partial charge is 0.328 e. The van der Waals surface area contributed by atoms with Gasteiger partial charge in [-0.1, -0.05) is 6.92 Å². The molecule has 0 amide bonds. The van der Waals surface area contributed by atoms with Gasteiger partial charge < -0.3 is 5.73 Å². The van der Waals surface area contributed by atoms with E-state index in [9.17, 15) is 0 Å². The van der Waals surface area contributed by atoms with E-state index in [1.54, 1.807) is 0 Å². The van der Waals surface area contributed by atoms with Crippen LogP contribution < -0.4 is 5.73 Å². The van der Waals surface area contributed by atoms with Gasteiger partial charge in [0, 0.05) is 6.04 Å². The molecule has 2 atom stereocenters. The van der Waals surface area contributed by atoms with Crippen LogP contribution in [0.25, 0.3) is 0 Å². The third kappa shape index (κ3) is 3.33. The fraction of sp³-hybridized carbons (Fsp3) is 1.00. The number of hydrogen-bond donors (Lipinski definition) is 1. The molecule has 0 radical (unpaired) electrons. The lowest BCUT2D eigenvalue weighted by Crippen LogP contribution is -2.25. The highest BCUT2D eigenvalue weighted by molar-refractivity contribution is 7.98. The minimum Gasteiger partial charge on any atom is -0.328 e. The van der Waals surface area contributed by atoms with Crippen molar-refractivity contribution in [1.29, 1.82) is 0 Å². The molecule has 0 bridgehead atoms. The maximum atomic E-state index is 5.61. The lowest BCUT2D eigenvalue weighted by molar-refractivity contribution is 0.537. The Bertz CT molecular complexity index is 54.5. The first-order valence-electron chi connectivity index (χ1n) is 2.93. The van der Waals surface area contributed by atoms with E-state index in [4.69, 9.17) is 5.73 Å². The zero-order chi connectivity index (χ0) is 6.57. The van der Waals surface area contributed by atoms with Crippen LogP contribution in [0.15, 0.2) is 0 Å². The predicted molar refractivity (Wildman–Crippen MR) is 41.2 cm³/mol. The van der Waals surface area contributed by atoms with Crippen LogP contribution in [0.1, 0.15) is 13.8 Å². The summed E-state index contributed by atoms with van der Waals surface area (Å²) in [6, 6.07) is 0.349. The molecule has 0 aliphatic carbocycles. The molecule has 0 aromatic heterocycles. The first-order chi connectivity index (χ1) is 3.68. The summed E-state index contributed by atoms with van der Waals surface area (Å²) in [5.41, 5.74) is 5.61. The molecule has 50 valence electrons. The number of hydrogen-bond acceptors (Lipinski definition) is 2. The molecule has 0 saturated heterocycles. The highest BCUT2D eigenvalue weighted by Crippen LogP contribution is 2.06. The minimum absolute atomic E-state index is 0.349. The Morgan fingerprint density at radius 2 is 2.00 bits per heavy atom. The van der Waals surface area contributed by atoms with Crippen molar-refractivity contribution in [3.63, 3.8) is 0 Å². The molecule has 8 heavy (non-hydrogen) atoms. The van der Waals surface area contributed by atoms with Gasteiger partial charge in [0.2, 0.25) is 0 Å². The molecule has 0 aliphatic heterocycles. The molecule has 0 aliphatic rings. The van der Waals surface area contributed by atoms with E-state index in [1.807, 2.05) is 11.8 Å². The summed E-state index contributed by atoms with van der Waals surface area (Å²) >= 11 is 1.86. The first-order valence-corrected chi connectivity index (χ1v) is 4.32. The quantitative estimate of drug-likeness (QED) is 0.628. The van der Waals surface area contributed by atoms with Crippen molar-refractivity contribution in [1.82, 2.24) is 0 Å². The van der Waals surface area contributed by atoms with E-state index in [-0.39, 0.29) is 0 Å². The van der Waals surface area contributed by atoms with Gasteiger partial charge in [-0.25, -0.2) is 0 Å². The van der Waals surface area contributed by atoms with Crippen molar-refractivity contribution in [2.45, 2.75) is 19.9 Å². The molecule has 0 rings (SSSR count). The third-order valence-corrected chi connectivity index (χ3v) is 2.19. The van der Waals surface area contributed by atoms with Gasteiger partial charge in [0.15, 0.2) is 0 Å². The summed E-state index contributed by atoms with van der Waals surface area (Å²) < 4.78 is 0. The van der Waals surface area contributed by atoms with Crippen LogP contribution in [0.5, 0.6) is 0 Å². The van der Waals surface area contributed by atoms with Crippen LogP contribution in [0, 0.1) is 5.92 Å². The molecule has 1 nitrogen and oxygen atoms in total. The summed E-state index contributed by atoms with van der Waals surface area (Å²) in [4.78, 5) is 0. The molecular formula is C6H15NS. The highest BCUT2D eigenvalue weighted by Gasteiger charge is 2.04. The van der Waals surface area contributed by atoms with Gasteiger partial charge in [0.25, 0.3) is 0 Å². The van der Waals surface area contributed by atoms with Crippen LogP contribution >= 0.6 is 11.8 Å². The average molecular weight is 133 g/mol. The standard InChI is InChI=1S/C6H15NS/c1-5(4-8-3)6(2)7/h5-6H,4,7H2,1-3H3. The fourth-order valence-electron chi connectivity index (χ4n) is 0.415. The smallest absolute Gasteiger partial charge is 0.00439 e. The lowest BCUT2D eigenvalue weighted by atomic mass is 10.1. The number of nitrogens with two attached hydrogens (primary N) is 1. The van der Waals surface area contributed by atoms with Crippen molar-refractivity contribution in [2.24, 2.45) is 11.7 Å². The van der Waals surface area contributed by atoms with Crippen LogP contribution in [-0.2, 0) is 0 Å². The van der Waals surface area contributed by atoms with Crippen molar-refractivity contribution >= 4 is 11.8 Å². The van der Waals surface area contributed by atoms with Gasteiger partial charge in [0.1, 0.15) is 0 Å². The molecular weight excluding hydrogens is 118 g/mol. The van der Waals surface area contributed by atoms with Gasteiger partial charge in [-0.05, 0) is 24.9 Å². The normalized spacial score (nSPS) is 18.0. The maximum absolute atomic E-state index is 5.61. The van der Waals surface area contributed by atoms with Crippen LogP contribution in [0.4, 0.5) is 0 Å². The van der Waals surface area contributed by atoms with E-state index >= 15 is 0 Å². The molecule has 2 heteroatoms. The van der Waals surface area contributed by atoms with Crippen LogP contribution in [0.2, 0.25) is 0 Å². The van der Waals surface area contributed by atoms with E-state index < -0.39 is 0 Å². The molecule has 0 heterocycles. The Morgan fingerprint density at radius 1 is 1.50 bits per heavy atom. The van der Waals surface area contributed by atoms with Crippen LogP contribution in [0.3, 0.4) is 0 Å². The minimum atomic E-state index is 0.349. The average Bonchev–Trinajstić information content (AvgIpc) is 1.67. The predicted octanol–water partition coefficient (Wildman–Crippen LogP) is 1.33. The van der Waals surface area contributed by atoms with Crippen LogP contribution in [-0.4, -0.2) is 18.1 Å². The molecule has 0 aromatic carbocycles. The maximum Gasteiger partial charge on any atom is 0.00439 e. The zero-order valence-corrected chi connectivity index (χ0v) is 6.66. The molecule has 2 N–H and O–H groups in total. The second kappa shape index (κ2) is 4.21. The summed E-state index contributed by atoms with van der Waals surface area (Å²) in [5, 5.41) is 0. The number of thioether (sulfide) groups is 1. The summed E-state index contributed by atoms with van der Waals surface area (Å²) in [6.45, 7) is 4.24. The first kappa shape index (κ1) is 8.31. The van der Waals surface area contributed by atoms with E-state index in [1.165, 1.54) is 5.75 Å². The second-order valence-electron chi connectivity index (χ2n) is 2.29. The van der Waals surface area contributed by atoms with E-state index in [0.717, 1.165) is 0 Å². The topological polar surface area (TPSA) is 26.0 Å². The van der Waals surface area contributed by atoms with Crippen molar-refractivity contribution in [2.75, 3.05) is 12.0 Å². The Labute approximate surface area is 56.0 Å². The molecule has 0 fully saturated rings. The molecule has 2 unspecified atom stereocenters. The SMILES string of the molecule is CSCC(C)C(C)N. The Morgan fingerprint density at radius 3 is 2.12 bits per heavy atom. The summed E-state index contributed by atoms with van der Waals surface area (Å²) in [5.74, 6) is 1.84. The van der Waals surface area contributed by atoms with Gasteiger partial charge in [-0.15, -0.1) is 0 Å². The lowest BCUT2D eigenvalue weighted by Gasteiger charge is -2.12. The van der Waals surface area contributed by atoms with Crippen molar-refractivity contribution < 1.29 is 0 Å². The van der Waals surface area contributed by atoms with Gasteiger partial charge >= 0.3 is 0 Å². The highest BCUT2D eigenvalue weighted by atomic mass is 32.2. The zero-order valence-electron chi connectivity index (χ0n) is 5.85. The molecule has 0 saturated carbocycles. The summed E-state index contributed by atoms with van der Waals surface area (Å²) in [7, 11) is 0.